The lowest BCUT2D eigenvalue weighted by molar-refractivity contribution is 0.414. The Morgan fingerprint density at radius 2 is 2.08 bits per heavy atom. The van der Waals surface area contributed by atoms with Crippen LogP contribution in [0.25, 0.3) is 0 Å². The van der Waals surface area contributed by atoms with Crippen molar-refractivity contribution < 1.29 is 0 Å². The van der Waals surface area contributed by atoms with Crippen LogP contribution < -0.4 is 0 Å². The summed E-state index contributed by atoms with van der Waals surface area (Å²) in [7, 11) is 4.18. The van der Waals surface area contributed by atoms with Gasteiger partial charge < -0.3 is 4.90 Å². The summed E-state index contributed by atoms with van der Waals surface area (Å²) < 4.78 is 0. The number of rotatable bonds is 5. The monoisotopic (exact) mass is 165 g/mol. The lowest BCUT2D eigenvalue weighted by Crippen LogP contribution is -2.13. The van der Waals surface area contributed by atoms with Gasteiger partial charge in [-0.2, -0.15) is 0 Å². The van der Waals surface area contributed by atoms with Crippen molar-refractivity contribution >= 4 is 0 Å². The first-order valence-electron chi connectivity index (χ1n) is 4.29. The van der Waals surface area contributed by atoms with Gasteiger partial charge in [0.15, 0.2) is 0 Å². The Morgan fingerprint density at radius 1 is 1.42 bits per heavy atom. The van der Waals surface area contributed by atoms with Gasteiger partial charge in [0.05, 0.1) is 0 Å². The molecule has 0 aliphatic rings. The molecule has 0 atom stereocenters. The zero-order chi connectivity index (χ0) is 9.40. The Bertz CT molecular complexity index is 175. The minimum atomic E-state index is 1.10. The molecule has 0 fully saturated rings. The summed E-state index contributed by atoms with van der Waals surface area (Å²) in [5.41, 5.74) is 1.36. The van der Waals surface area contributed by atoms with E-state index in [4.69, 9.17) is 0 Å². The van der Waals surface area contributed by atoms with E-state index in [1.54, 1.807) is 6.08 Å². The van der Waals surface area contributed by atoms with Crippen LogP contribution in [-0.4, -0.2) is 25.5 Å². The Morgan fingerprint density at radius 3 is 2.50 bits per heavy atom. The molecule has 0 rings (SSSR count). The van der Waals surface area contributed by atoms with Gasteiger partial charge >= 0.3 is 0 Å². The maximum Gasteiger partial charge on any atom is 0.00156 e. The number of hydrogen-bond donors (Lipinski definition) is 0. The highest BCUT2D eigenvalue weighted by molar-refractivity contribution is 5.20. The normalized spacial score (nSPS) is 12.8. The van der Waals surface area contributed by atoms with E-state index >= 15 is 0 Å². The second kappa shape index (κ2) is 6.86. The molecule has 1 nitrogen and oxygen atoms in total. The van der Waals surface area contributed by atoms with Crippen molar-refractivity contribution in [1.82, 2.24) is 4.90 Å². The van der Waals surface area contributed by atoms with Crippen LogP contribution in [0.5, 0.6) is 0 Å². The fraction of sp³-hybridized carbons (Fsp3) is 0.455. The molecule has 0 aromatic heterocycles. The molecule has 0 unspecified atom stereocenters. The summed E-state index contributed by atoms with van der Waals surface area (Å²) in [5.74, 6) is 0. The van der Waals surface area contributed by atoms with Crippen molar-refractivity contribution in [1.29, 1.82) is 0 Å². The lowest BCUT2D eigenvalue weighted by atomic mass is 10.1. The van der Waals surface area contributed by atoms with Crippen LogP contribution in [0.2, 0.25) is 0 Å². The van der Waals surface area contributed by atoms with E-state index in [2.05, 4.69) is 44.6 Å². The summed E-state index contributed by atoms with van der Waals surface area (Å²) in [6.07, 6.45) is 9.14. The average Bonchev–Trinajstić information content (AvgIpc) is 2.05. The van der Waals surface area contributed by atoms with Gasteiger partial charge in [0, 0.05) is 6.54 Å². The highest BCUT2D eigenvalue weighted by Gasteiger charge is 1.92. The highest BCUT2D eigenvalue weighted by Crippen LogP contribution is 2.03. The van der Waals surface area contributed by atoms with Crippen molar-refractivity contribution in [3.63, 3.8) is 0 Å². The van der Waals surface area contributed by atoms with Gasteiger partial charge in [-0.3, -0.25) is 0 Å². The van der Waals surface area contributed by atoms with Crippen molar-refractivity contribution in [3.05, 3.63) is 36.5 Å². The van der Waals surface area contributed by atoms with Gasteiger partial charge in [0.1, 0.15) is 0 Å². The first kappa shape index (κ1) is 11.2. The zero-order valence-corrected chi connectivity index (χ0v) is 8.38. The van der Waals surface area contributed by atoms with Crippen LogP contribution in [0, 0.1) is 0 Å². The Hall–Kier alpha value is -0.820. The van der Waals surface area contributed by atoms with Crippen LogP contribution in [0.4, 0.5) is 0 Å². The lowest BCUT2D eigenvalue weighted by Gasteiger charge is -2.08. The highest BCUT2D eigenvalue weighted by atomic mass is 15.0. The van der Waals surface area contributed by atoms with Gasteiger partial charge in [-0.15, -0.1) is 0 Å². The molecule has 0 bridgehead atoms. The second-order valence-corrected chi connectivity index (χ2v) is 3.01. The van der Waals surface area contributed by atoms with Crippen LogP contribution in [0.1, 0.15) is 13.3 Å². The molecule has 0 aliphatic carbocycles. The Labute approximate surface area is 76.1 Å². The number of hydrogen-bond acceptors (Lipinski definition) is 1. The first-order valence-corrected chi connectivity index (χ1v) is 4.29. The number of nitrogens with zero attached hydrogens (tertiary/aromatic N) is 1. The number of allylic oxidation sites excluding steroid dienone is 4. The smallest absolute Gasteiger partial charge is 0.00156 e. The van der Waals surface area contributed by atoms with Crippen LogP contribution in [0.15, 0.2) is 36.5 Å². The van der Waals surface area contributed by atoms with Crippen LogP contribution >= 0.6 is 0 Å². The predicted molar refractivity (Wildman–Crippen MR) is 56.3 cm³/mol. The Kier molecular flexibility index (Phi) is 6.39. The maximum atomic E-state index is 3.64. The standard InChI is InChI=1S/C11H19N/c1-5-7-8-11(6-2)9-10-12(3)4/h5-8H,1,9-10H2,2-4H3/b8-7-,11-6+. The molecule has 0 amide bonds. The van der Waals surface area contributed by atoms with E-state index in [1.165, 1.54) is 5.57 Å². The van der Waals surface area contributed by atoms with Gasteiger partial charge in [-0.25, -0.2) is 0 Å². The third-order valence-corrected chi connectivity index (χ3v) is 1.66. The fourth-order valence-electron chi connectivity index (χ4n) is 0.868. The van der Waals surface area contributed by atoms with E-state index in [0.29, 0.717) is 0 Å². The van der Waals surface area contributed by atoms with Gasteiger partial charge in [-0.05, 0) is 27.4 Å². The topological polar surface area (TPSA) is 3.24 Å². The fourth-order valence-corrected chi connectivity index (χ4v) is 0.868. The molecular weight excluding hydrogens is 146 g/mol. The summed E-state index contributed by atoms with van der Waals surface area (Å²) in [4.78, 5) is 2.19. The van der Waals surface area contributed by atoms with Crippen molar-refractivity contribution in [2.75, 3.05) is 20.6 Å². The molecule has 0 aromatic carbocycles. The van der Waals surface area contributed by atoms with E-state index in [1.807, 2.05) is 6.08 Å². The van der Waals surface area contributed by atoms with Gasteiger partial charge in [-0.1, -0.05) is 36.5 Å². The molecule has 0 saturated carbocycles. The summed E-state index contributed by atoms with van der Waals surface area (Å²) >= 11 is 0. The maximum absolute atomic E-state index is 3.64. The zero-order valence-electron chi connectivity index (χ0n) is 8.38. The molecule has 12 heavy (non-hydrogen) atoms. The quantitative estimate of drug-likeness (QED) is 0.566. The average molecular weight is 165 g/mol. The Balaban J connectivity index is 3.85. The third kappa shape index (κ3) is 5.93. The molecule has 0 saturated heterocycles. The largest absolute Gasteiger partial charge is 0.309 e. The predicted octanol–water partition coefficient (Wildman–Crippen LogP) is 2.63. The van der Waals surface area contributed by atoms with E-state index in [-0.39, 0.29) is 0 Å². The van der Waals surface area contributed by atoms with Crippen LogP contribution in [0.3, 0.4) is 0 Å². The van der Waals surface area contributed by atoms with E-state index in [9.17, 15) is 0 Å². The summed E-state index contributed by atoms with van der Waals surface area (Å²) in [6.45, 7) is 6.80. The van der Waals surface area contributed by atoms with E-state index < -0.39 is 0 Å². The van der Waals surface area contributed by atoms with E-state index in [0.717, 1.165) is 13.0 Å². The van der Waals surface area contributed by atoms with Crippen molar-refractivity contribution in [3.8, 4) is 0 Å². The third-order valence-electron chi connectivity index (χ3n) is 1.66. The molecule has 68 valence electrons. The van der Waals surface area contributed by atoms with Gasteiger partial charge in [0.2, 0.25) is 0 Å². The molecule has 0 N–H and O–H groups in total. The molecule has 0 aliphatic heterocycles. The summed E-state index contributed by atoms with van der Waals surface area (Å²) in [6, 6.07) is 0. The molecule has 0 heterocycles. The summed E-state index contributed by atoms with van der Waals surface area (Å²) in [5, 5.41) is 0. The minimum Gasteiger partial charge on any atom is -0.309 e. The molecule has 0 radical (unpaired) electrons. The SMILES string of the molecule is C=C/C=C\C(=C/C)CCN(C)C. The first-order chi connectivity index (χ1) is 5.70. The van der Waals surface area contributed by atoms with Crippen molar-refractivity contribution in [2.24, 2.45) is 0 Å². The van der Waals surface area contributed by atoms with Crippen molar-refractivity contribution in [2.45, 2.75) is 13.3 Å². The minimum absolute atomic E-state index is 1.10. The molecule has 0 aromatic rings. The molecule has 1 heteroatoms. The van der Waals surface area contributed by atoms with Crippen LogP contribution in [-0.2, 0) is 0 Å². The molecule has 0 spiro atoms. The second-order valence-electron chi connectivity index (χ2n) is 3.01. The molecular formula is C11H19N. The van der Waals surface area contributed by atoms with Gasteiger partial charge in [0.25, 0.3) is 0 Å².